The zero-order valence-electron chi connectivity index (χ0n) is 24.7. The van der Waals surface area contributed by atoms with Gasteiger partial charge >= 0.3 is 0 Å². The second-order valence-corrected chi connectivity index (χ2v) is 16.5. The summed E-state index contributed by atoms with van der Waals surface area (Å²) >= 11 is 0. The first-order chi connectivity index (χ1) is 15.5. The van der Waals surface area contributed by atoms with E-state index in [1.165, 1.54) is 64.2 Å². The first-order valence-electron chi connectivity index (χ1n) is 14.7. The van der Waals surface area contributed by atoms with Gasteiger partial charge in [-0.15, -0.1) is 0 Å². The maximum Gasteiger partial charge on any atom is 0.0627 e. The van der Waals surface area contributed by atoms with Crippen LogP contribution in [0.15, 0.2) is 11.6 Å². The number of methoxy groups -OCH3 is 1. The van der Waals surface area contributed by atoms with Crippen molar-refractivity contribution in [2.24, 2.45) is 49.2 Å². The molecular weight excluding hydrogens is 412 g/mol. The summed E-state index contributed by atoms with van der Waals surface area (Å²) in [4.78, 5) is 0. The van der Waals surface area contributed by atoms with Crippen molar-refractivity contribution in [3.05, 3.63) is 11.6 Å². The fourth-order valence-electron chi connectivity index (χ4n) is 11.7. The number of ether oxygens (including phenoxy) is 1. The molecule has 4 fully saturated rings. The highest BCUT2D eigenvalue weighted by Crippen LogP contribution is 2.81. The van der Waals surface area contributed by atoms with Crippen LogP contribution in [0.1, 0.15) is 133 Å². The molecule has 1 heteroatoms. The van der Waals surface area contributed by atoms with Crippen LogP contribution in [0.25, 0.3) is 0 Å². The monoisotopic (exact) mass is 468 g/mol. The molecule has 0 spiro atoms. The number of hydrogen-bond acceptors (Lipinski definition) is 1. The van der Waals surface area contributed by atoms with Crippen LogP contribution in [0.3, 0.4) is 0 Å². The number of hydrogen-bond donors (Lipinski definition) is 0. The van der Waals surface area contributed by atoms with E-state index in [2.05, 4.69) is 75.3 Å². The van der Waals surface area contributed by atoms with Crippen LogP contribution in [0.2, 0.25) is 0 Å². The predicted octanol–water partition coefficient (Wildman–Crippen LogP) is 9.60. The van der Waals surface area contributed by atoms with Crippen LogP contribution in [-0.2, 0) is 4.74 Å². The zero-order chi connectivity index (χ0) is 25.2. The van der Waals surface area contributed by atoms with Crippen LogP contribution in [0.5, 0.6) is 0 Å². The lowest BCUT2D eigenvalue weighted by Gasteiger charge is -2.77. The highest BCUT2D eigenvalue weighted by Gasteiger charge is 2.74. The van der Waals surface area contributed by atoms with E-state index in [9.17, 15) is 0 Å². The van der Waals surface area contributed by atoms with E-state index in [1.807, 2.05) is 12.7 Å². The summed E-state index contributed by atoms with van der Waals surface area (Å²) in [5, 5.41) is 0. The van der Waals surface area contributed by atoms with Gasteiger partial charge in [-0.05, 0) is 113 Å². The minimum atomic E-state index is 0.221. The smallest absolute Gasteiger partial charge is 0.0627 e. The van der Waals surface area contributed by atoms with Crippen molar-refractivity contribution in [3.8, 4) is 0 Å². The van der Waals surface area contributed by atoms with Crippen molar-refractivity contribution in [2.75, 3.05) is 7.11 Å². The molecule has 0 aromatic rings. The van der Waals surface area contributed by atoms with Gasteiger partial charge in [-0.2, -0.15) is 0 Å². The van der Waals surface area contributed by atoms with E-state index in [4.69, 9.17) is 4.74 Å². The molecule has 0 bridgehead atoms. The van der Waals surface area contributed by atoms with Gasteiger partial charge in [-0.1, -0.05) is 80.9 Å². The molecular formula is C33H56O. The van der Waals surface area contributed by atoms with Gasteiger partial charge in [0.1, 0.15) is 0 Å². The maximum atomic E-state index is 6.13. The molecule has 0 N–H and O–H groups in total. The van der Waals surface area contributed by atoms with Gasteiger partial charge in [0, 0.05) is 7.11 Å². The molecule has 194 valence electrons. The summed E-state index contributed by atoms with van der Waals surface area (Å²) in [6.45, 7) is 26.3. The standard InChI is InChI=1S/C33H56O/c1-26(2)16-17-28(5)18-20-33(10)30(7,24(28)22-26)14-12-23-29(6)15-13-25(34-11)27(3,4)32(29,9)21-19-31(23,33)8/h22-23,25H,12-21H2,1-11H3/t23-,25+,28-,29-,30-,31-,32+,33-/m1/s1. The largest absolute Gasteiger partial charge is 0.381 e. The molecule has 5 rings (SSSR count). The summed E-state index contributed by atoms with van der Waals surface area (Å²) in [7, 11) is 1.96. The lowest BCUT2D eigenvalue weighted by Crippen LogP contribution is -2.71. The Labute approximate surface area is 212 Å². The Bertz CT molecular complexity index is 896. The summed E-state index contributed by atoms with van der Waals surface area (Å²) in [5.74, 6) is 0.815. The van der Waals surface area contributed by atoms with Crippen molar-refractivity contribution in [1.29, 1.82) is 0 Å². The second-order valence-electron chi connectivity index (χ2n) is 16.5. The second kappa shape index (κ2) is 6.96. The highest BCUT2D eigenvalue weighted by atomic mass is 16.5. The molecule has 4 saturated carbocycles. The molecule has 5 aliphatic rings. The van der Waals surface area contributed by atoms with Crippen molar-refractivity contribution in [1.82, 2.24) is 0 Å². The molecule has 1 nitrogen and oxygen atoms in total. The van der Waals surface area contributed by atoms with E-state index in [0.717, 1.165) is 5.92 Å². The van der Waals surface area contributed by atoms with Gasteiger partial charge in [-0.3, -0.25) is 0 Å². The van der Waals surface area contributed by atoms with Crippen molar-refractivity contribution in [3.63, 3.8) is 0 Å². The van der Waals surface area contributed by atoms with Crippen LogP contribution in [-0.4, -0.2) is 13.2 Å². The van der Waals surface area contributed by atoms with Crippen molar-refractivity contribution < 1.29 is 4.74 Å². The average Bonchev–Trinajstić information content (AvgIpc) is 2.74. The third kappa shape index (κ3) is 2.67. The fourth-order valence-corrected chi connectivity index (χ4v) is 11.7. The van der Waals surface area contributed by atoms with E-state index in [1.54, 1.807) is 0 Å². The highest BCUT2D eigenvalue weighted by molar-refractivity contribution is 5.36. The Hall–Kier alpha value is -0.300. The average molecular weight is 469 g/mol. The van der Waals surface area contributed by atoms with Gasteiger partial charge in [0.05, 0.1) is 6.10 Å². The first kappa shape index (κ1) is 25.4. The van der Waals surface area contributed by atoms with Gasteiger partial charge in [0.2, 0.25) is 0 Å². The lowest BCUT2D eigenvalue weighted by molar-refractivity contribution is -0.283. The minimum Gasteiger partial charge on any atom is -0.381 e. The summed E-state index contributed by atoms with van der Waals surface area (Å²) < 4.78 is 6.13. The molecule has 0 aliphatic heterocycles. The summed E-state index contributed by atoms with van der Waals surface area (Å²) in [6, 6.07) is 0. The Morgan fingerprint density at radius 3 is 1.88 bits per heavy atom. The Kier molecular flexibility index (Phi) is 5.19. The third-order valence-electron chi connectivity index (χ3n) is 15.1. The van der Waals surface area contributed by atoms with Crippen LogP contribution < -0.4 is 0 Å². The third-order valence-corrected chi connectivity index (χ3v) is 15.1. The first-order valence-corrected chi connectivity index (χ1v) is 14.7. The van der Waals surface area contributed by atoms with Gasteiger partial charge < -0.3 is 4.74 Å². The molecule has 0 aromatic carbocycles. The van der Waals surface area contributed by atoms with Gasteiger partial charge in [0.15, 0.2) is 0 Å². The number of fused-ring (bicyclic) bond motifs is 7. The van der Waals surface area contributed by atoms with Crippen molar-refractivity contribution in [2.45, 2.75) is 140 Å². The molecule has 0 unspecified atom stereocenters. The fraction of sp³-hybridized carbons (Fsp3) is 0.939. The van der Waals surface area contributed by atoms with Crippen LogP contribution in [0, 0.1) is 49.2 Å². The Morgan fingerprint density at radius 2 is 1.24 bits per heavy atom. The molecule has 5 aliphatic carbocycles. The van der Waals surface area contributed by atoms with Crippen LogP contribution in [0.4, 0.5) is 0 Å². The molecule has 0 aromatic heterocycles. The lowest BCUT2D eigenvalue weighted by atomic mass is 9.27. The minimum absolute atomic E-state index is 0.221. The van der Waals surface area contributed by atoms with Crippen molar-refractivity contribution >= 4 is 0 Å². The molecule has 34 heavy (non-hydrogen) atoms. The molecule has 0 amide bonds. The topological polar surface area (TPSA) is 9.23 Å². The van der Waals surface area contributed by atoms with E-state index < -0.39 is 0 Å². The van der Waals surface area contributed by atoms with Gasteiger partial charge in [-0.25, -0.2) is 0 Å². The van der Waals surface area contributed by atoms with E-state index in [-0.39, 0.29) is 5.41 Å². The molecule has 0 saturated heterocycles. The predicted molar refractivity (Wildman–Crippen MR) is 145 cm³/mol. The normalized spacial score (nSPS) is 55.8. The molecule has 0 radical (unpaired) electrons. The van der Waals surface area contributed by atoms with Gasteiger partial charge in [0.25, 0.3) is 0 Å². The number of allylic oxidation sites excluding steroid dienone is 2. The quantitative estimate of drug-likeness (QED) is 0.348. The maximum absolute atomic E-state index is 6.13. The summed E-state index contributed by atoms with van der Waals surface area (Å²) in [5.41, 5.74) is 4.73. The molecule has 0 heterocycles. The number of rotatable bonds is 1. The summed E-state index contributed by atoms with van der Waals surface area (Å²) in [6.07, 6.45) is 16.9. The SMILES string of the molecule is CO[C@H]1CC[C@]2(C)[C@H]3CC[C@]4(C)C5=CC(C)(C)CC[C@]5(C)CC[C@@]4(C)[C@]3(C)CC[C@@]2(C)C1(C)C. The van der Waals surface area contributed by atoms with E-state index in [0.29, 0.717) is 44.0 Å². The Morgan fingerprint density at radius 1 is 0.647 bits per heavy atom. The Balaban J connectivity index is 1.62. The van der Waals surface area contributed by atoms with Crippen LogP contribution >= 0.6 is 0 Å². The zero-order valence-corrected chi connectivity index (χ0v) is 24.7. The molecule has 8 atom stereocenters. The van der Waals surface area contributed by atoms with E-state index >= 15 is 0 Å².